The SMILES string of the molecule is CNC(Cc1cncc(Br)c1)c1cncnc1. The second kappa shape index (κ2) is 5.84. The molecule has 0 radical (unpaired) electrons. The van der Waals surface area contributed by atoms with E-state index < -0.39 is 0 Å². The average molecular weight is 293 g/mol. The number of nitrogens with zero attached hydrogens (tertiary/aromatic N) is 3. The molecule has 2 aromatic heterocycles. The molecule has 0 saturated carbocycles. The molecule has 2 rings (SSSR count). The third-order valence-electron chi connectivity index (χ3n) is 2.53. The molecule has 0 aliphatic carbocycles. The van der Waals surface area contributed by atoms with E-state index in [1.807, 2.05) is 25.6 Å². The van der Waals surface area contributed by atoms with E-state index in [0.717, 1.165) is 16.5 Å². The summed E-state index contributed by atoms with van der Waals surface area (Å²) in [6.45, 7) is 0. The van der Waals surface area contributed by atoms with E-state index in [2.05, 4.69) is 42.3 Å². The van der Waals surface area contributed by atoms with Crippen molar-refractivity contribution in [3.8, 4) is 0 Å². The minimum atomic E-state index is 0.201. The van der Waals surface area contributed by atoms with Crippen LogP contribution in [0.3, 0.4) is 0 Å². The first-order valence-corrected chi connectivity index (χ1v) is 6.10. The summed E-state index contributed by atoms with van der Waals surface area (Å²) in [7, 11) is 1.93. The summed E-state index contributed by atoms with van der Waals surface area (Å²) < 4.78 is 0.995. The quantitative estimate of drug-likeness (QED) is 0.938. The van der Waals surface area contributed by atoms with Crippen LogP contribution in [0.2, 0.25) is 0 Å². The maximum absolute atomic E-state index is 4.16. The Morgan fingerprint density at radius 2 is 1.94 bits per heavy atom. The molecule has 1 unspecified atom stereocenters. The fourth-order valence-corrected chi connectivity index (χ4v) is 2.09. The molecule has 0 spiro atoms. The molecule has 2 aromatic rings. The smallest absolute Gasteiger partial charge is 0.115 e. The van der Waals surface area contributed by atoms with Crippen LogP contribution in [0, 0.1) is 0 Å². The third-order valence-corrected chi connectivity index (χ3v) is 2.97. The second-order valence-corrected chi connectivity index (χ2v) is 4.64. The van der Waals surface area contributed by atoms with Crippen molar-refractivity contribution >= 4 is 15.9 Å². The van der Waals surface area contributed by atoms with Crippen molar-refractivity contribution in [3.05, 3.63) is 52.8 Å². The highest BCUT2D eigenvalue weighted by Crippen LogP contribution is 2.18. The molecular formula is C12H13BrN4. The Bertz CT molecular complexity index is 475. The van der Waals surface area contributed by atoms with E-state index in [-0.39, 0.29) is 6.04 Å². The lowest BCUT2D eigenvalue weighted by molar-refractivity contribution is 0.586. The maximum Gasteiger partial charge on any atom is 0.115 e. The van der Waals surface area contributed by atoms with E-state index in [1.165, 1.54) is 11.9 Å². The van der Waals surface area contributed by atoms with Crippen molar-refractivity contribution in [1.29, 1.82) is 0 Å². The molecule has 0 aromatic carbocycles. The van der Waals surface area contributed by atoms with Crippen LogP contribution in [-0.2, 0) is 6.42 Å². The van der Waals surface area contributed by atoms with Gasteiger partial charge in [0.1, 0.15) is 6.33 Å². The number of rotatable bonds is 4. The highest BCUT2D eigenvalue weighted by molar-refractivity contribution is 9.10. The van der Waals surface area contributed by atoms with Crippen molar-refractivity contribution in [1.82, 2.24) is 20.3 Å². The molecule has 1 atom stereocenters. The minimum Gasteiger partial charge on any atom is -0.313 e. The van der Waals surface area contributed by atoms with Gasteiger partial charge in [-0.1, -0.05) is 0 Å². The van der Waals surface area contributed by atoms with Gasteiger partial charge < -0.3 is 5.32 Å². The number of nitrogens with one attached hydrogen (secondary N) is 1. The van der Waals surface area contributed by atoms with Gasteiger partial charge in [-0.3, -0.25) is 4.98 Å². The molecule has 4 nitrogen and oxygen atoms in total. The molecule has 0 aliphatic heterocycles. The monoisotopic (exact) mass is 292 g/mol. The van der Waals surface area contributed by atoms with Crippen molar-refractivity contribution in [2.45, 2.75) is 12.5 Å². The Morgan fingerprint density at radius 3 is 2.59 bits per heavy atom. The van der Waals surface area contributed by atoms with Crippen LogP contribution in [0.5, 0.6) is 0 Å². The second-order valence-electron chi connectivity index (χ2n) is 3.73. The van der Waals surface area contributed by atoms with Crippen LogP contribution in [0.25, 0.3) is 0 Å². The van der Waals surface area contributed by atoms with Crippen molar-refractivity contribution in [2.75, 3.05) is 7.05 Å². The highest BCUT2D eigenvalue weighted by Gasteiger charge is 2.10. The summed E-state index contributed by atoms with van der Waals surface area (Å²) in [4.78, 5) is 12.2. The Hall–Kier alpha value is -1.33. The highest BCUT2D eigenvalue weighted by atomic mass is 79.9. The van der Waals surface area contributed by atoms with Gasteiger partial charge in [0, 0.05) is 40.9 Å². The van der Waals surface area contributed by atoms with Crippen LogP contribution < -0.4 is 5.32 Å². The fraction of sp³-hybridized carbons (Fsp3) is 0.250. The summed E-state index contributed by atoms with van der Waals surface area (Å²) in [5, 5.41) is 3.26. The normalized spacial score (nSPS) is 12.4. The number of hydrogen-bond donors (Lipinski definition) is 1. The molecule has 0 aliphatic rings. The van der Waals surface area contributed by atoms with Crippen LogP contribution in [0.1, 0.15) is 17.2 Å². The first-order valence-electron chi connectivity index (χ1n) is 5.31. The van der Waals surface area contributed by atoms with E-state index in [1.54, 1.807) is 6.20 Å². The summed E-state index contributed by atoms with van der Waals surface area (Å²) in [6, 6.07) is 2.27. The molecule has 1 N–H and O–H groups in total. The molecular weight excluding hydrogens is 280 g/mol. The predicted octanol–water partition coefficient (Wildman–Crippen LogP) is 2.14. The Morgan fingerprint density at radius 1 is 1.18 bits per heavy atom. The largest absolute Gasteiger partial charge is 0.313 e. The summed E-state index contributed by atoms with van der Waals surface area (Å²) in [6.07, 6.45) is 9.72. The van der Waals surface area contributed by atoms with Gasteiger partial charge in [-0.15, -0.1) is 0 Å². The number of hydrogen-bond acceptors (Lipinski definition) is 4. The van der Waals surface area contributed by atoms with Crippen LogP contribution in [0.15, 0.2) is 41.7 Å². The Labute approximate surface area is 109 Å². The zero-order valence-electron chi connectivity index (χ0n) is 9.47. The third kappa shape index (κ3) is 3.31. The van der Waals surface area contributed by atoms with Gasteiger partial charge in [0.2, 0.25) is 0 Å². The van der Waals surface area contributed by atoms with Crippen LogP contribution in [-0.4, -0.2) is 22.0 Å². The maximum atomic E-state index is 4.16. The Kier molecular flexibility index (Phi) is 4.17. The van der Waals surface area contributed by atoms with Gasteiger partial charge in [-0.05, 0) is 41.0 Å². The van der Waals surface area contributed by atoms with Gasteiger partial charge in [0.25, 0.3) is 0 Å². The lowest BCUT2D eigenvalue weighted by Crippen LogP contribution is -2.19. The molecule has 0 bridgehead atoms. The van der Waals surface area contributed by atoms with E-state index in [9.17, 15) is 0 Å². The lowest BCUT2D eigenvalue weighted by atomic mass is 10.0. The van der Waals surface area contributed by atoms with E-state index in [0.29, 0.717) is 0 Å². The van der Waals surface area contributed by atoms with Crippen LogP contribution >= 0.6 is 15.9 Å². The van der Waals surface area contributed by atoms with E-state index >= 15 is 0 Å². The summed E-state index contributed by atoms with van der Waals surface area (Å²) in [5.74, 6) is 0. The first-order chi connectivity index (χ1) is 8.29. The number of aromatic nitrogens is 3. The molecule has 0 fully saturated rings. The summed E-state index contributed by atoms with van der Waals surface area (Å²) in [5.41, 5.74) is 2.25. The van der Waals surface area contributed by atoms with Gasteiger partial charge in [0.15, 0.2) is 0 Å². The fourth-order valence-electron chi connectivity index (χ4n) is 1.68. The molecule has 0 amide bonds. The van der Waals surface area contributed by atoms with Gasteiger partial charge in [-0.2, -0.15) is 0 Å². The number of halogens is 1. The zero-order chi connectivity index (χ0) is 12.1. The molecule has 5 heteroatoms. The zero-order valence-corrected chi connectivity index (χ0v) is 11.1. The standard InChI is InChI=1S/C12H13BrN4/c1-14-12(10-5-16-8-17-6-10)3-9-2-11(13)7-15-4-9/h2,4-8,12,14H,3H2,1H3. The molecule has 0 saturated heterocycles. The summed E-state index contributed by atoms with van der Waals surface area (Å²) >= 11 is 3.42. The van der Waals surface area contributed by atoms with Crippen molar-refractivity contribution < 1.29 is 0 Å². The van der Waals surface area contributed by atoms with Crippen LogP contribution in [0.4, 0.5) is 0 Å². The van der Waals surface area contributed by atoms with Crippen molar-refractivity contribution in [2.24, 2.45) is 0 Å². The Balaban J connectivity index is 2.16. The van der Waals surface area contributed by atoms with E-state index in [4.69, 9.17) is 0 Å². The number of likely N-dealkylation sites (N-methyl/N-ethyl adjacent to an activating group) is 1. The van der Waals surface area contributed by atoms with Gasteiger partial charge >= 0.3 is 0 Å². The molecule has 88 valence electrons. The lowest BCUT2D eigenvalue weighted by Gasteiger charge is -2.15. The number of pyridine rings is 1. The average Bonchev–Trinajstić information content (AvgIpc) is 2.37. The minimum absolute atomic E-state index is 0.201. The van der Waals surface area contributed by atoms with Crippen molar-refractivity contribution in [3.63, 3.8) is 0 Å². The topological polar surface area (TPSA) is 50.7 Å². The predicted molar refractivity (Wildman–Crippen MR) is 69.5 cm³/mol. The molecule has 2 heterocycles. The van der Waals surface area contributed by atoms with Gasteiger partial charge in [0.05, 0.1) is 0 Å². The first kappa shape index (κ1) is 12.1. The van der Waals surface area contributed by atoms with Gasteiger partial charge in [-0.25, -0.2) is 9.97 Å². The molecule has 17 heavy (non-hydrogen) atoms.